The van der Waals surface area contributed by atoms with Crippen LogP contribution >= 0.6 is 15.9 Å². The van der Waals surface area contributed by atoms with Crippen LogP contribution in [0.3, 0.4) is 0 Å². The van der Waals surface area contributed by atoms with Crippen LogP contribution in [0.4, 0.5) is 8.78 Å². The lowest BCUT2D eigenvalue weighted by Gasteiger charge is -2.14. The molecule has 18 heavy (non-hydrogen) atoms. The van der Waals surface area contributed by atoms with Gasteiger partial charge in [-0.3, -0.25) is 4.68 Å². The van der Waals surface area contributed by atoms with Gasteiger partial charge in [-0.25, -0.2) is 8.78 Å². The summed E-state index contributed by atoms with van der Waals surface area (Å²) in [5.41, 5.74) is 7.06. The van der Waals surface area contributed by atoms with Crippen LogP contribution in [0.2, 0.25) is 0 Å². The molecule has 0 aliphatic heterocycles. The molecule has 6 heteroatoms. The number of nitrogens with two attached hydrogens (primary N) is 1. The average Bonchev–Trinajstić information content (AvgIpc) is 2.63. The number of halogens is 3. The van der Waals surface area contributed by atoms with Crippen LogP contribution in [0.15, 0.2) is 22.8 Å². The molecule has 1 atom stereocenters. The zero-order chi connectivity index (χ0) is 13.4. The van der Waals surface area contributed by atoms with E-state index in [9.17, 15) is 8.78 Å². The normalized spacial score (nSPS) is 12.8. The summed E-state index contributed by atoms with van der Waals surface area (Å²) in [5.74, 6) is -1.34. The van der Waals surface area contributed by atoms with Gasteiger partial charge in [0.25, 0.3) is 0 Å². The van der Waals surface area contributed by atoms with E-state index in [2.05, 4.69) is 21.0 Å². The molecule has 0 fully saturated rings. The first-order chi connectivity index (χ1) is 8.41. The molecular formula is C12H12BrF2N3. The van der Waals surface area contributed by atoms with E-state index in [0.29, 0.717) is 11.3 Å². The fourth-order valence-corrected chi connectivity index (χ4v) is 2.25. The third kappa shape index (κ3) is 2.18. The molecule has 0 radical (unpaired) electrons. The molecule has 0 saturated carbocycles. The monoisotopic (exact) mass is 315 g/mol. The molecule has 1 unspecified atom stereocenters. The van der Waals surface area contributed by atoms with Crippen LogP contribution < -0.4 is 5.73 Å². The smallest absolute Gasteiger partial charge is 0.145 e. The number of aromatic nitrogens is 2. The Morgan fingerprint density at radius 1 is 1.39 bits per heavy atom. The summed E-state index contributed by atoms with van der Waals surface area (Å²) < 4.78 is 29.4. The van der Waals surface area contributed by atoms with Gasteiger partial charge in [0.05, 0.1) is 16.2 Å². The van der Waals surface area contributed by atoms with Gasteiger partial charge in [-0.05, 0) is 35.0 Å². The minimum absolute atomic E-state index is 0.152. The Morgan fingerprint density at radius 2 is 2.06 bits per heavy atom. The van der Waals surface area contributed by atoms with Crippen molar-refractivity contribution < 1.29 is 8.78 Å². The summed E-state index contributed by atoms with van der Waals surface area (Å²) in [6.45, 7) is 1.75. The summed E-state index contributed by atoms with van der Waals surface area (Å²) in [6.07, 6.45) is 1.67. The minimum atomic E-state index is -0.879. The predicted octanol–water partition coefficient (Wildman–Crippen LogP) is 2.82. The van der Waals surface area contributed by atoms with Gasteiger partial charge in [0.15, 0.2) is 0 Å². The molecule has 2 rings (SSSR count). The van der Waals surface area contributed by atoms with E-state index < -0.39 is 17.7 Å². The fraction of sp³-hybridized carbons (Fsp3) is 0.250. The lowest BCUT2D eigenvalue weighted by atomic mass is 9.99. The predicted molar refractivity (Wildman–Crippen MR) is 68.0 cm³/mol. The van der Waals surface area contributed by atoms with Crippen LogP contribution in [0.1, 0.15) is 22.9 Å². The number of hydrogen-bond acceptors (Lipinski definition) is 2. The summed E-state index contributed by atoms with van der Waals surface area (Å²) in [7, 11) is 1.73. The fourth-order valence-electron chi connectivity index (χ4n) is 1.91. The maximum atomic E-state index is 13.9. The van der Waals surface area contributed by atoms with Gasteiger partial charge in [0, 0.05) is 24.4 Å². The van der Waals surface area contributed by atoms with Crippen molar-refractivity contribution in [2.24, 2.45) is 12.8 Å². The van der Waals surface area contributed by atoms with Crippen LogP contribution in [0, 0.1) is 18.6 Å². The van der Waals surface area contributed by atoms with Gasteiger partial charge < -0.3 is 5.73 Å². The van der Waals surface area contributed by atoms with Crippen molar-refractivity contribution in [1.82, 2.24) is 9.78 Å². The van der Waals surface area contributed by atoms with Crippen molar-refractivity contribution in [2.75, 3.05) is 0 Å². The van der Waals surface area contributed by atoms with Crippen molar-refractivity contribution in [2.45, 2.75) is 13.0 Å². The number of aryl methyl sites for hydroxylation is 2. The third-order valence-corrected chi connectivity index (χ3v) is 3.39. The molecule has 1 aromatic heterocycles. The molecule has 0 bridgehead atoms. The standard InChI is InChI=1S/C12H12BrF2N3/c1-6-7(5-18(2)17-6)12(16)10-9(14)4-3-8(13)11(10)15/h3-5,12H,16H2,1-2H3. The first-order valence-electron chi connectivity index (χ1n) is 5.31. The van der Waals surface area contributed by atoms with Crippen molar-refractivity contribution in [1.29, 1.82) is 0 Å². The Labute approximate surface area is 112 Å². The molecule has 0 aliphatic carbocycles. The lowest BCUT2D eigenvalue weighted by Crippen LogP contribution is -2.16. The van der Waals surface area contributed by atoms with E-state index in [0.717, 1.165) is 0 Å². The van der Waals surface area contributed by atoms with Gasteiger partial charge in [-0.2, -0.15) is 5.10 Å². The molecule has 2 aromatic rings. The first kappa shape index (κ1) is 13.2. The third-order valence-electron chi connectivity index (χ3n) is 2.78. The molecule has 96 valence electrons. The number of rotatable bonds is 2. The highest BCUT2D eigenvalue weighted by molar-refractivity contribution is 9.10. The Hall–Kier alpha value is -1.27. The second-order valence-corrected chi connectivity index (χ2v) is 4.93. The largest absolute Gasteiger partial charge is 0.320 e. The second kappa shape index (κ2) is 4.78. The Bertz CT molecular complexity index is 595. The van der Waals surface area contributed by atoms with Crippen molar-refractivity contribution in [3.63, 3.8) is 0 Å². The molecular weight excluding hydrogens is 304 g/mol. The highest BCUT2D eigenvalue weighted by Crippen LogP contribution is 2.30. The summed E-state index contributed by atoms with van der Waals surface area (Å²) in [6, 6.07) is 1.63. The number of nitrogens with zero attached hydrogens (tertiary/aromatic N) is 2. The minimum Gasteiger partial charge on any atom is -0.320 e. The maximum absolute atomic E-state index is 13.9. The Kier molecular flexibility index (Phi) is 3.49. The van der Waals surface area contributed by atoms with E-state index in [-0.39, 0.29) is 10.0 Å². The molecule has 0 spiro atoms. The zero-order valence-corrected chi connectivity index (χ0v) is 11.5. The van der Waals surface area contributed by atoms with Gasteiger partial charge in [-0.15, -0.1) is 0 Å². The molecule has 0 amide bonds. The highest BCUT2D eigenvalue weighted by Gasteiger charge is 2.23. The van der Waals surface area contributed by atoms with Crippen molar-refractivity contribution in [3.05, 3.63) is 51.3 Å². The first-order valence-corrected chi connectivity index (χ1v) is 6.10. The van der Waals surface area contributed by atoms with E-state index in [4.69, 9.17) is 5.73 Å². The second-order valence-electron chi connectivity index (χ2n) is 4.08. The van der Waals surface area contributed by atoms with Crippen molar-refractivity contribution in [3.8, 4) is 0 Å². The van der Waals surface area contributed by atoms with Gasteiger partial charge in [-0.1, -0.05) is 0 Å². The van der Waals surface area contributed by atoms with Gasteiger partial charge in [0.1, 0.15) is 11.6 Å². The summed E-state index contributed by atoms with van der Waals surface area (Å²) in [4.78, 5) is 0. The Morgan fingerprint density at radius 3 is 2.61 bits per heavy atom. The van der Waals surface area contributed by atoms with Crippen molar-refractivity contribution >= 4 is 15.9 Å². The van der Waals surface area contributed by atoms with Crippen LogP contribution in [0.25, 0.3) is 0 Å². The lowest BCUT2D eigenvalue weighted by molar-refractivity contribution is 0.539. The number of hydrogen-bond donors (Lipinski definition) is 1. The summed E-state index contributed by atoms with van der Waals surface area (Å²) >= 11 is 3.03. The highest BCUT2D eigenvalue weighted by atomic mass is 79.9. The molecule has 1 aromatic carbocycles. The summed E-state index contributed by atoms with van der Waals surface area (Å²) in [5, 5.41) is 4.12. The van der Waals surface area contributed by atoms with E-state index >= 15 is 0 Å². The quantitative estimate of drug-likeness (QED) is 0.866. The molecule has 3 nitrogen and oxygen atoms in total. The topological polar surface area (TPSA) is 43.8 Å². The SMILES string of the molecule is Cc1nn(C)cc1C(N)c1c(F)ccc(Br)c1F. The molecule has 0 aliphatic rings. The zero-order valence-electron chi connectivity index (χ0n) is 9.92. The van der Waals surface area contributed by atoms with E-state index in [1.165, 1.54) is 12.1 Å². The van der Waals surface area contributed by atoms with Crippen LogP contribution in [-0.4, -0.2) is 9.78 Å². The molecule has 0 saturated heterocycles. The Balaban J connectivity index is 2.56. The average molecular weight is 316 g/mol. The number of benzene rings is 1. The molecule has 1 heterocycles. The van der Waals surface area contributed by atoms with Gasteiger partial charge in [0.2, 0.25) is 0 Å². The van der Waals surface area contributed by atoms with Crippen LogP contribution in [-0.2, 0) is 7.05 Å². The van der Waals surface area contributed by atoms with Crippen LogP contribution in [0.5, 0.6) is 0 Å². The van der Waals surface area contributed by atoms with E-state index in [1.807, 2.05) is 0 Å². The van der Waals surface area contributed by atoms with E-state index in [1.54, 1.807) is 24.9 Å². The molecule has 2 N–H and O–H groups in total. The van der Waals surface area contributed by atoms with Gasteiger partial charge >= 0.3 is 0 Å². The maximum Gasteiger partial charge on any atom is 0.145 e.